The molecule has 102 valence electrons. The van der Waals surface area contributed by atoms with Crippen LogP contribution < -0.4 is 5.32 Å². The zero-order chi connectivity index (χ0) is 13.8. The van der Waals surface area contributed by atoms with Gasteiger partial charge in [-0.05, 0) is 36.4 Å². The maximum Gasteiger partial charge on any atom is 0.0624 e. The van der Waals surface area contributed by atoms with Crippen molar-refractivity contribution in [2.75, 3.05) is 6.54 Å². The Morgan fingerprint density at radius 3 is 2.44 bits per heavy atom. The predicted molar refractivity (Wildman–Crippen MR) is 81.7 cm³/mol. The summed E-state index contributed by atoms with van der Waals surface area (Å²) in [5.74, 6) is 0. The van der Waals surface area contributed by atoms with Gasteiger partial charge in [0, 0.05) is 6.04 Å². The molecular weight excluding hydrogens is 265 g/mol. The molecule has 1 N–H and O–H groups in total. The van der Waals surface area contributed by atoms with Crippen LogP contribution >= 0.6 is 23.2 Å². The lowest BCUT2D eigenvalue weighted by Gasteiger charge is -2.32. The second-order valence-electron chi connectivity index (χ2n) is 5.79. The Bertz CT molecular complexity index is 383. The maximum absolute atomic E-state index is 6.26. The molecule has 0 bridgehead atoms. The molecule has 1 rings (SSSR count). The zero-order valence-electron chi connectivity index (χ0n) is 11.7. The predicted octanol–water partition coefficient (Wildman–Crippen LogP) is 4.95. The van der Waals surface area contributed by atoms with Crippen LogP contribution in [0.1, 0.15) is 39.7 Å². The van der Waals surface area contributed by atoms with E-state index in [1.807, 2.05) is 12.1 Å². The summed E-state index contributed by atoms with van der Waals surface area (Å²) in [7, 11) is 0. The molecule has 0 aliphatic rings. The minimum absolute atomic E-state index is 0.195. The fraction of sp³-hybridized carbons (Fsp3) is 0.600. The molecule has 0 saturated heterocycles. The van der Waals surface area contributed by atoms with E-state index >= 15 is 0 Å². The van der Waals surface area contributed by atoms with Gasteiger partial charge in [-0.3, -0.25) is 0 Å². The summed E-state index contributed by atoms with van der Waals surface area (Å²) in [6.07, 6.45) is 2.04. The molecule has 0 radical (unpaired) electrons. The van der Waals surface area contributed by atoms with Crippen molar-refractivity contribution in [3.8, 4) is 0 Å². The van der Waals surface area contributed by atoms with Crippen molar-refractivity contribution in [2.24, 2.45) is 5.41 Å². The summed E-state index contributed by atoms with van der Waals surface area (Å²) in [5, 5.41) is 4.93. The van der Waals surface area contributed by atoms with Crippen LogP contribution in [0.2, 0.25) is 10.0 Å². The van der Waals surface area contributed by atoms with E-state index in [1.54, 1.807) is 0 Å². The van der Waals surface area contributed by atoms with E-state index in [2.05, 4.69) is 39.1 Å². The van der Waals surface area contributed by atoms with Crippen LogP contribution in [0.5, 0.6) is 0 Å². The first-order valence-corrected chi connectivity index (χ1v) is 7.28. The Morgan fingerprint density at radius 2 is 1.89 bits per heavy atom. The molecule has 1 unspecified atom stereocenters. The molecule has 1 nitrogen and oxygen atoms in total. The van der Waals surface area contributed by atoms with Gasteiger partial charge in [0.05, 0.1) is 10.0 Å². The molecule has 0 saturated carbocycles. The van der Waals surface area contributed by atoms with Crippen molar-refractivity contribution in [1.82, 2.24) is 5.32 Å². The number of rotatable bonds is 5. The van der Waals surface area contributed by atoms with Gasteiger partial charge in [0.1, 0.15) is 0 Å². The second-order valence-corrected chi connectivity index (χ2v) is 6.57. The van der Waals surface area contributed by atoms with E-state index in [1.165, 1.54) is 0 Å². The average Bonchev–Trinajstić information content (AvgIpc) is 2.28. The van der Waals surface area contributed by atoms with E-state index in [0.717, 1.165) is 24.9 Å². The summed E-state index contributed by atoms with van der Waals surface area (Å²) in [5.41, 5.74) is 1.31. The Labute approximate surface area is 121 Å². The number of benzene rings is 1. The molecule has 0 heterocycles. The van der Waals surface area contributed by atoms with E-state index in [0.29, 0.717) is 16.1 Å². The van der Waals surface area contributed by atoms with Crippen molar-refractivity contribution in [1.29, 1.82) is 0 Å². The minimum Gasteiger partial charge on any atom is -0.313 e. The van der Waals surface area contributed by atoms with Gasteiger partial charge in [-0.15, -0.1) is 0 Å². The molecule has 1 aromatic rings. The third-order valence-corrected chi connectivity index (χ3v) is 4.00. The summed E-state index contributed by atoms with van der Waals surface area (Å²) in [4.78, 5) is 0. The number of halogens is 2. The van der Waals surface area contributed by atoms with Gasteiger partial charge < -0.3 is 5.32 Å². The van der Waals surface area contributed by atoms with Gasteiger partial charge in [-0.2, -0.15) is 0 Å². The second kappa shape index (κ2) is 6.79. The first-order valence-electron chi connectivity index (χ1n) is 6.52. The Hall–Kier alpha value is -0.240. The van der Waals surface area contributed by atoms with E-state index in [9.17, 15) is 0 Å². The monoisotopic (exact) mass is 287 g/mol. The lowest BCUT2D eigenvalue weighted by Crippen LogP contribution is -2.42. The van der Waals surface area contributed by atoms with Crippen molar-refractivity contribution in [2.45, 2.75) is 46.6 Å². The average molecular weight is 288 g/mol. The van der Waals surface area contributed by atoms with Crippen LogP contribution in [0.25, 0.3) is 0 Å². The van der Waals surface area contributed by atoms with Crippen LogP contribution in [0.4, 0.5) is 0 Å². The highest BCUT2D eigenvalue weighted by Gasteiger charge is 2.25. The van der Waals surface area contributed by atoms with Crippen LogP contribution in [0.3, 0.4) is 0 Å². The minimum atomic E-state index is 0.195. The summed E-state index contributed by atoms with van der Waals surface area (Å²) >= 11 is 12.3. The van der Waals surface area contributed by atoms with E-state index in [-0.39, 0.29) is 5.41 Å². The quantitative estimate of drug-likeness (QED) is 0.808. The van der Waals surface area contributed by atoms with Crippen molar-refractivity contribution in [3.05, 3.63) is 33.8 Å². The first-order chi connectivity index (χ1) is 8.36. The Morgan fingerprint density at radius 1 is 1.22 bits per heavy atom. The van der Waals surface area contributed by atoms with Crippen LogP contribution in [-0.2, 0) is 6.42 Å². The molecular formula is C15H23Cl2N. The van der Waals surface area contributed by atoms with Crippen molar-refractivity contribution < 1.29 is 0 Å². The topological polar surface area (TPSA) is 12.0 Å². The normalized spacial score (nSPS) is 13.7. The highest BCUT2D eigenvalue weighted by Crippen LogP contribution is 2.29. The zero-order valence-corrected chi connectivity index (χ0v) is 13.2. The fourth-order valence-electron chi connectivity index (χ4n) is 1.93. The van der Waals surface area contributed by atoms with Gasteiger partial charge in [0.2, 0.25) is 0 Å². The lowest BCUT2D eigenvalue weighted by atomic mass is 9.83. The third-order valence-electron chi connectivity index (χ3n) is 3.14. The highest BCUT2D eigenvalue weighted by molar-refractivity contribution is 6.42. The fourth-order valence-corrected chi connectivity index (χ4v) is 2.33. The number of nitrogens with one attached hydrogen (secondary N) is 1. The maximum atomic E-state index is 6.26. The third kappa shape index (κ3) is 4.46. The summed E-state index contributed by atoms with van der Waals surface area (Å²) in [6.45, 7) is 9.95. The van der Waals surface area contributed by atoms with Crippen LogP contribution in [0, 0.1) is 5.41 Å². The molecule has 0 spiro atoms. The summed E-state index contributed by atoms with van der Waals surface area (Å²) < 4.78 is 0. The number of hydrogen-bond donors (Lipinski definition) is 1. The molecule has 0 fully saturated rings. The van der Waals surface area contributed by atoms with Gasteiger partial charge in [-0.25, -0.2) is 0 Å². The Kier molecular flexibility index (Phi) is 5.97. The van der Waals surface area contributed by atoms with Crippen LogP contribution in [0.15, 0.2) is 18.2 Å². The molecule has 1 atom stereocenters. The molecule has 18 heavy (non-hydrogen) atoms. The lowest BCUT2D eigenvalue weighted by molar-refractivity contribution is 0.267. The van der Waals surface area contributed by atoms with Gasteiger partial charge in [0.25, 0.3) is 0 Å². The van der Waals surface area contributed by atoms with Crippen molar-refractivity contribution >= 4 is 23.2 Å². The van der Waals surface area contributed by atoms with Gasteiger partial charge in [-0.1, -0.05) is 63.0 Å². The number of hydrogen-bond acceptors (Lipinski definition) is 1. The molecule has 3 heteroatoms. The first kappa shape index (κ1) is 15.8. The molecule has 1 aromatic carbocycles. The molecule has 0 aliphatic heterocycles. The standard InChI is InChI=1S/C15H23Cl2N/c1-5-9-18-13(15(2,3)4)10-11-7-6-8-12(16)14(11)17/h6-8,13,18H,5,9-10H2,1-4H3. The molecule has 0 amide bonds. The van der Waals surface area contributed by atoms with Crippen LogP contribution in [-0.4, -0.2) is 12.6 Å². The van der Waals surface area contributed by atoms with Crippen molar-refractivity contribution in [3.63, 3.8) is 0 Å². The largest absolute Gasteiger partial charge is 0.313 e. The molecule has 0 aromatic heterocycles. The van der Waals surface area contributed by atoms with E-state index in [4.69, 9.17) is 23.2 Å². The highest BCUT2D eigenvalue weighted by atomic mass is 35.5. The van der Waals surface area contributed by atoms with E-state index < -0.39 is 0 Å². The van der Waals surface area contributed by atoms with Gasteiger partial charge in [0.15, 0.2) is 0 Å². The van der Waals surface area contributed by atoms with Gasteiger partial charge >= 0.3 is 0 Å². The Balaban J connectivity index is 2.86. The summed E-state index contributed by atoms with van der Waals surface area (Å²) in [6, 6.07) is 6.25. The SMILES string of the molecule is CCCNC(Cc1cccc(Cl)c1Cl)C(C)(C)C. The smallest absolute Gasteiger partial charge is 0.0624 e. The molecule has 0 aliphatic carbocycles.